The average Bonchev–Trinajstić information content (AvgIpc) is 2.19. The van der Waals surface area contributed by atoms with Crippen LogP contribution in [0.5, 0.6) is 0 Å². The maximum atomic E-state index is 11.5. The summed E-state index contributed by atoms with van der Waals surface area (Å²) in [4.78, 5) is 11.5. The topological polar surface area (TPSA) is 17.1 Å². The average molecular weight is 190 g/mol. The summed E-state index contributed by atoms with van der Waals surface area (Å²) in [6.45, 7) is 6.02. The van der Waals surface area contributed by atoms with Crippen molar-refractivity contribution < 1.29 is 4.79 Å². The molecule has 0 aliphatic rings. The van der Waals surface area contributed by atoms with Gasteiger partial charge in [-0.25, -0.2) is 0 Å². The van der Waals surface area contributed by atoms with Crippen LogP contribution in [0.3, 0.4) is 0 Å². The molecule has 1 atom stereocenters. The van der Waals surface area contributed by atoms with Crippen LogP contribution in [-0.4, -0.2) is 5.78 Å². The van der Waals surface area contributed by atoms with Gasteiger partial charge in [0.2, 0.25) is 0 Å². The van der Waals surface area contributed by atoms with E-state index in [2.05, 4.69) is 19.1 Å². The van der Waals surface area contributed by atoms with Crippen molar-refractivity contribution in [2.45, 2.75) is 33.1 Å². The smallest absolute Gasteiger partial charge is 0.136 e. The highest BCUT2D eigenvalue weighted by molar-refractivity contribution is 5.81. The number of Topliss-reactive ketones (excluding diaryl/α,β-unsaturated/α-hetero) is 1. The summed E-state index contributed by atoms with van der Waals surface area (Å²) >= 11 is 0. The molecule has 0 saturated carbocycles. The van der Waals surface area contributed by atoms with Crippen molar-refractivity contribution >= 4 is 5.78 Å². The molecule has 76 valence electrons. The molecule has 0 aliphatic carbocycles. The second-order valence-corrected chi connectivity index (χ2v) is 4.14. The molecule has 0 bridgehead atoms. The molecule has 0 radical (unpaired) electrons. The number of rotatable bonds is 4. The standard InChI is InChI=1S/C13H18O/c1-10(2)13(14)9-11(3)12-7-5-4-6-8-12/h4-8,10-11H,9H2,1-3H3/t11-/m1/s1. The second kappa shape index (κ2) is 4.94. The van der Waals surface area contributed by atoms with Gasteiger partial charge in [0, 0.05) is 12.3 Å². The van der Waals surface area contributed by atoms with Crippen LogP contribution in [0.1, 0.15) is 38.7 Å². The van der Waals surface area contributed by atoms with Gasteiger partial charge in [0.15, 0.2) is 0 Å². The predicted molar refractivity (Wildman–Crippen MR) is 59.3 cm³/mol. The van der Waals surface area contributed by atoms with Gasteiger partial charge in [-0.1, -0.05) is 51.1 Å². The summed E-state index contributed by atoms with van der Waals surface area (Å²) in [6.07, 6.45) is 0.654. The number of carbonyl (C=O) groups excluding carboxylic acids is 1. The third kappa shape index (κ3) is 2.99. The number of hydrogen-bond acceptors (Lipinski definition) is 1. The van der Waals surface area contributed by atoms with Gasteiger partial charge < -0.3 is 0 Å². The second-order valence-electron chi connectivity index (χ2n) is 4.14. The van der Waals surface area contributed by atoms with Crippen molar-refractivity contribution in [1.29, 1.82) is 0 Å². The van der Waals surface area contributed by atoms with Gasteiger partial charge in [0.25, 0.3) is 0 Å². The first-order valence-corrected chi connectivity index (χ1v) is 5.19. The Hall–Kier alpha value is -1.11. The zero-order chi connectivity index (χ0) is 10.6. The number of benzene rings is 1. The third-order valence-corrected chi connectivity index (χ3v) is 2.52. The molecule has 1 nitrogen and oxygen atoms in total. The van der Waals surface area contributed by atoms with Crippen LogP contribution in [0, 0.1) is 5.92 Å². The van der Waals surface area contributed by atoms with Gasteiger partial charge in [0.05, 0.1) is 0 Å². The summed E-state index contributed by atoms with van der Waals surface area (Å²) < 4.78 is 0. The van der Waals surface area contributed by atoms with Crippen LogP contribution in [0.25, 0.3) is 0 Å². The Morgan fingerprint density at radius 3 is 2.21 bits per heavy atom. The fourth-order valence-electron chi connectivity index (χ4n) is 1.44. The molecule has 0 heterocycles. The molecule has 14 heavy (non-hydrogen) atoms. The summed E-state index contributed by atoms with van der Waals surface area (Å²) in [5, 5.41) is 0. The van der Waals surface area contributed by atoms with Gasteiger partial charge in [-0.05, 0) is 11.5 Å². The Kier molecular flexibility index (Phi) is 3.87. The summed E-state index contributed by atoms with van der Waals surface area (Å²) in [5.74, 6) is 0.841. The minimum atomic E-state index is 0.154. The molecule has 1 aromatic carbocycles. The van der Waals surface area contributed by atoms with Crippen LogP contribution >= 0.6 is 0 Å². The first-order valence-electron chi connectivity index (χ1n) is 5.19. The number of ketones is 1. The van der Waals surface area contributed by atoms with Crippen molar-refractivity contribution in [2.24, 2.45) is 5.92 Å². The lowest BCUT2D eigenvalue weighted by atomic mass is 9.92. The fraction of sp³-hybridized carbons (Fsp3) is 0.462. The van der Waals surface area contributed by atoms with E-state index in [1.165, 1.54) is 5.56 Å². The normalized spacial score (nSPS) is 12.9. The lowest BCUT2D eigenvalue weighted by Gasteiger charge is -2.12. The van der Waals surface area contributed by atoms with E-state index in [4.69, 9.17) is 0 Å². The summed E-state index contributed by atoms with van der Waals surface area (Å²) in [5.41, 5.74) is 1.25. The SMILES string of the molecule is CC(C)C(=O)C[C@@H](C)c1ccccc1. The Morgan fingerprint density at radius 1 is 1.14 bits per heavy atom. The molecule has 1 aromatic rings. The first kappa shape index (κ1) is 11.0. The quantitative estimate of drug-likeness (QED) is 0.711. The Labute approximate surface area is 86.1 Å². The molecule has 0 aromatic heterocycles. The molecular weight excluding hydrogens is 172 g/mol. The van der Waals surface area contributed by atoms with Crippen molar-refractivity contribution in [3.63, 3.8) is 0 Å². The van der Waals surface area contributed by atoms with E-state index < -0.39 is 0 Å². The lowest BCUT2D eigenvalue weighted by molar-refractivity contribution is -0.122. The van der Waals surface area contributed by atoms with Crippen LogP contribution in [0.4, 0.5) is 0 Å². The van der Waals surface area contributed by atoms with Crippen molar-refractivity contribution in [3.8, 4) is 0 Å². The molecule has 0 saturated heterocycles. The Bertz CT molecular complexity index is 287. The predicted octanol–water partition coefficient (Wildman–Crippen LogP) is 3.41. The van der Waals surface area contributed by atoms with Crippen molar-refractivity contribution in [2.75, 3.05) is 0 Å². The van der Waals surface area contributed by atoms with Crippen LogP contribution in [0.15, 0.2) is 30.3 Å². The van der Waals surface area contributed by atoms with E-state index >= 15 is 0 Å². The van der Waals surface area contributed by atoms with E-state index in [0.29, 0.717) is 18.1 Å². The molecule has 0 spiro atoms. The molecule has 0 unspecified atom stereocenters. The molecular formula is C13H18O. The fourth-order valence-corrected chi connectivity index (χ4v) is 1.44. The minimum absolute atomic E-state index is 0.154. The largest absolute Gasteiger partial charge is 0.299 e. The van der Waals surface area contributed by atoms with E-state index in [9.17, 15) is 4.79 Å². The summed E-state index contributed by atoms with van der Waals surface area (Å²) in [6, 6.07) is 10.2. The molecule has 0 aliphatic heterocycles. The van der Waals surface area contributed by atoms with E-state index in [1.54, 1.807) is 0 Å². The van der Waals surface area contributed by atoms with Crippen LogP contribution < -0.4 is 0 Å². The van der Waals surface area contributed by atoms with Crippen LogP contribution in [-0.2, 0) is 4.79 Å². The number of hydrogen-bond donors (Lipinski definition) is 0. The van der Waals surface area contributed by atoms with E-state index in [1.807, 2.05) is 32.0 Å². The zero-order valence-electron chi connectivity index (χ0n) is 9.16. The molecule has 0 fully saturated rings. The van der Waals surface area contributed by atoms with E-state index in [-0.39, 0.29) is 5.92 Å². The molecule has 1 rings (SSSR count). The lowest BCUT2D eigenvalue weighted by Crippen LogP contribution is -2.10. The molecule has 0 N–H and O–H groups in total. The maximum absolute atomic E-state index is 11.5. The Morgan fingerprint density at radius 2 is 1.71 bits per heavy atom. The highest BCUT2D eigenvalue weighted by Gasteiger charge is 2.13. The third-order valence-electron chi connectivity index (χ3n) is 2.52. The number of carbonyl (C=O) groups is 1. The van der Waals surface area contributed by atoms with Crippen LogP contribution in [0.2, 0.25) is 0 Å². The van der Waals surface area contributed by atoms with Gasteiger partial charge >= 0.3 is 0 Å². The maximum Gasteiger partial charge on any atom is 0.136 e. The highest BCUT2D eigenvalue weighted by atomic mass is 16.1. The van der Waals surface area contributed by atoms with E-state index in [0.717, 1.165) is 0 Å². The van der Waals surface area contributed by atoms with Gasteiger partial charge in [0.1, 0.15) is 5.78 Å². The van der Waals surface area contributed by atoms with Gasteiger partial charge in [-0.3, -0.25) is 4.79 Å². The minimum Gasteiger partial charge on any atom is -0.299 e. The highest BCUT2D eigenvalue weighted by Crippen LogP contribution is 2.20. The Balaban J connectivity index is 2.59. The van der Waals surface area contributed by atoms with Gasteiger partial charge in [-0.2, -0.15) is 0 Å². The summed E-state index contributed by atoms with van der Waals surface area (Å²) in [7, 11) is 0. The zero-order valence-corrected chi connectivity index (χ0v) is 9.16. The van der Waals surface area contributed by atoms with Crippen molar-refractivity contribution in [1.82, 2.24) is 0 Å². The monoisotopic (exact) mass is 190 g/mol. The first-order chi connectivity index (χ1) is 6.61. The van der Waals surface area contributed by atoms with Gasteiger partial charge in [-0.15, -0.1) is 0 Å². The van der Waals surface area contributed by atoms with Crippen molar-refractivity contribution in [3.05, 3.63) is 35.9 Å². The molecule has 0 amide bonds. The molecule has 1 heteroatoms.